The molecule has 2 rings (SSSR count). The van der Waals surface area contributed by atoms with E-state index >= 15 is 0 Å². The smallest absolute Gasteiger partial charge is 0.313 e. The molecule has 0 aliphatic rings. The molecule has 104 valence electrons. The number of benzene rings is 1. The number of H-pyrrole nitrogens is 1. The maximum absolute atomic E-state index is 11.3. The third-order valence-corrected chi connectivity index (χ3v) is 2.46. The molecule has 2 aromatic rings. The van der Waals surface area contributed by atoms with Crippen LogP contribution in [0, 0.1) is 10.1 Å². The minimum atomic E-state index is -0.490. The van der Waals surface area contributed by atoms with Gasteiger partial charge in [-0.1, -0.05) is 12.1 Å². The van der Waals surface area contributed by atoms with Gasteiger partial charge in [0.05, 0.1) is 11.5 Å². The van der Waals surface area contributed by atoms with E-state index in [4.69, 9.17) is 4.74 Å². The number of rotatable bonds is 5. The van der Waals surface area contributed by atoms with E-state index in [2.05, 4.69) is 15.2 Å². The lowest BCUT2D eigenvalue weighted by molar-refractivity contribution is -0.384. The van der Waals surface area contributed by atoms with Crippen LogP contribution in [0.4, 0.5) is 5.69 Å². The van der Waals surface area contributed by atoms with Crippen LogP contribution in [0.2, 0.25) is 0 Å². The summed E-state index contributed by atoms with van der Waals surface area (Å²) in [6, 6.07) is 5.96. The molecule has 8 heteroatoms. The van der Waals surface area contributed by atoms with Gasteiger partial charge in [0.15, 0.2) is 5.82 Å². The van der Waals surface area contributed by atoms with Crippen LogP contribution in [0.5, 0.6) is 0 Å². The molecule has 0 saturated heterocycles. The molecule has 8 nitrogen and oxygen atoms in total. The molecule has 0 spiro atoms. The van der Waals surface area contributed by atoms with E-state index in [0.717, 1.165) is 0 Å². The number of nitro benzene ring substituents is 1. The topological polar surface area (TPSA) is 111 Å². The van der Waals surface area contributed by atoms with Gasteiger partial charge in [-0.15, -0.1) is 0 Å². The van der Waals surface area contributed by atoms with E-state index in [0.29, 0.717) is 23.8 Å². The summed E-state index contributed by atoms with van der Waals surface area (Å²) >= 11 is 0. The Morgan fingerprint density at radius 2 is 2.30 bits per heavy atom. The van der Waals surface area contributed by atoms with Gasteiger partial charge in [-0.05, 0) is 6.92 Å². The fraction of sp³-hybridized carbons (Fsp3) is 0.250. The summed E-state index contributed by atoms with van der Waals surface area (Å²) < 4.78 is 4.80. The molecule has 1 aromatic heterocycles. The lowest BCUT2D eigenvalue weighted by Crippen LogP contribution is -2.08. The Labute approximate surface area is 113 Å². The van der Waals surface area contributed by atoms with Crippen LogP contribution >= 0.6 is 0 Å². The second-order valence-corrected chi connectivity index (χ2v) is 3.89. The zero-order chi connectivity index (χ0) is 14.5. The number of nitro groups is 1. The number of non-ortho nitro benzene ring substituents is 1. The van der Waals surface area contributed by atoms with Gasteiger partial charge in [0, 0.05) is 17.7 Å². The summed E-state index contributed by atoms with van der Waals surface area (Å²) in [7, 11) is 0. The van der Waals surface area contributed by atoms with Crippen LogP contribution in [0.1, 0.15) is 12.7 Å². The molecule has 0 radical (unpaired) electrons. The number of hydrogen-bond donors (Lipinski definition) is 1. The summed E-state index contributed by atoms with van der Waals surface area (Å²) in [4.78, 5) is 25.6. The zero-order valence-corrected chi connectivity index (χ0v) is 10.7. The van der Waals surface area contributed by atoms with E-state index in [9.17, 15) is 14.9 Å². The van der Waals surface area contributed by atoms with Gasteiger partial charge >= 0.3 is 5.97 Å². The second kappa shape index (κ2) is 5.91. The van der Waals surface area contributed by atoms with Crippen molar-refractivity contribution in [1.82, 2.24) is 15.2 Å². The molecule has 0 aliphatic carbocycles. The van der Waals surface area contributed by atoms with Crippen LogP contribution in [0.3, 0.4) is 0 Å². The van der Waals surface area contributed by atoms with Crippen molar-refractivity contribution in [3.8, 4) is 11.4 Å². The molecule has 0 aliphatic heterocycles. The average molecular weight is 276 g/mol. The van der Waals surface area contributed by atoms with Crippen LogP contribution in [-0.2, 0) is 16.0 Å². The van der Waals surface area contributed by atoms with Gasteiger partial charge in [-0.25, -0.2) is 4.98 Å². The Balaban J connectivity index is 2.18. The Morgan fingerprint density at radius 1 is 1.50 bits per heavy atom. The highest BCUT2D eigenvalue weighted by atomic mass is 16.6. The second-order valence-electron chi connectivity index (χ2n) is 3.89. The first-order valence-corrected chi connectivity index (χ1v) is 5.92. The first-order valence-electron chi connectivity index (χ1n) is 5.92. The quantitative estimate of drug-likeness (QED) is 0.503. The van der Waals surface area contributed by atoms with E-state index in [1.54, 1.807) is 19.1 Å². The summed E-state index contributed by atoms with van der Waals surface area (Å²) in [6.45, 7) is 2.01. The average Bonchev–Trinajstić information content (AvgIpc) is 2.87. The number of esters is 1. The molecule has 1 aromatic carbocycles. The Bertz CT molecular complexity index is 638. The molecule has 1 heterocycles. The maximum atomic E-state index is 11.3. The molecule has 1 N–H and O–H groups in total. The van der Waals surface area contributed by atoms with E-state index in [-0.39, 0.29) is 12.1 Å². The highest BCUT2D eigenvalue weighted by molar-refractivity contribution is 5.71. The van der Waals surface area contributed by atoms with Gasteiger partial charge in [-0.3, -0.25) is 20.0 Å². The van der Waals surface area contributed by atoms with Crippen molar-refractivity contribution in [2.24, 2.45) is 0 Å². The van der Waals surface area contributed by atoms with Gasteiger partial charge < -0.3 is 4.74 Å². The number of carbonyl (C=O) groups excluding carboxylic acids is 1. The Hall–Kier alpha value is -2.77. The van der Waals surface area contributed by atoms with Crippen molar-refractivity contribution in [1.29, 1.82) is 0 Å². The van der Waals surface area contributed by atoms with Crippen molar-refractivity contribution in [3.63, 3.8) is 0 Å². The summed E-state index contributed by atoms with van der Waals surface area (Å²) in [5.41, 5.74) is 0.463. The van der Waals surface area contributed by atoms with Crippen LogP contribution in [0.25, 0.3) is 11.4 Å². The van der Waals surface area contributed by atoms with Crippen molar-refractivity contribution in [3.05, 3.63) is 40.2 Å². The lowest BCUT2D eigenvalue weighted by atomic mass is 10.2. The zero-order valence-electron chi connectivity index (χ0n) is 10.7. The number of hydrogen-bond acceptors (Lipinski definition) is 6. The molecule has 0 fully saturated rings. The van der Waals surface area contributed by atoms with Crippen LogP contribution < -0.4 is 0 Å². The van der Waals surface area contributed by atoms with E-state index < -0.39 is 10.9 Å². The third kappa shape index (κ3) is 3.16. The highest BCUT2D eigenvalue weighted by Crippen LogP contribution is 2.20. The van der Waals surface area contributed by atoms with Gasteiger partial charge in [-0.2, -0.15) is 5.10 Å². The summed E-state index contributed by atoms with van der Waals surface area (Å²) in [5, 5.41) is 17.2. The maximum Gasteiger partial charge on any atom is 0.313 e. The predicted octanol–water partition coefficient (Wildman–Crippen LogP) is 1.49. The Kier molecular flexibility index (Phi) is 4.04. The number of nitrogens with one attached hydrogen (secondary N) is 1. The number of aromatic amines is 1. The first-order chi connectivity index (χ1) is 9.60. The van der Waals surface area contributed by atoms with Crippen molar-refractivity contribution < 1.29 is 14.5 Å². The minimum absolute atomic E-state index is 0.0181. The number of ether oxygens (including phenoxy) is 1. The van der Waals surface area contributed by atoms with Gasteiger partial charge in [0.1, 0.15) is 12.2 Å². The fourth-order valence-electron chi connectivity index (χ4n) is 1.61. The third-order valence-electron chi connectivity index (χ3n) is 2.46. The largest absolute Gasteiger partial charge is 0.466 e. The summed E-state index contributed by atoms with van der Waals surface area (Å²) in [6.07, 6.45) is -0.0181. The Morgan fingerprint density at radius 3 is 3.00 bits per heavy atom. The van der Waals surface area contributed by atoms with Gasteiger partial charge in [0.25, 0.3) is 5.69 Å². The fourth-order valence-corrected chi connectivity index (χ4v) is 1.61. The van der Waals surface area contributed by atoms with Crippen LogP contribution in [-0.4, -0.2) is 32.7 Å². The van der Waals surface area contributed by atoms with Crippen LogP contribution in [0.15, 0.2) is 24.3 Å². The van der Waals surface area contributed by atoms with E-state index in [1.165, 1.54) is 12.1 Å². The van der Waals surface area contributed by atoms with Crippen molar-refractivity contribution in [2.75, 3.05) is 6.61 Å². The predicted molar refractivity (Wildman–Crippen MR) is 68.8 cm³/mol. The number of carbonyl (C=O) groups is 1. The molecule has 0 unspecified atom stereocenters. The number of aromatic nitrogens is 3. The molecular weight excluding hydrogens is 264 g/mol. The summed E-state index contributed by atoms with van der Waals surface area (Å²) in [5.74, 6) is 0.243. The van der Waals surface area contributed by atoms with E-state index in [1.807, 2.05) is 0 Å². The molecule has 0 amide bonds. The standard InChI is InChI=1S/C12H12N4O4/c1-2-20-11(17)7-10-13-12(15-14-10)8-4-3-5-9(6-8)16(18)19/h3-6H,2,7H2,1H3,(H,13,14,15). The SMILES string of the molecule is CCOC(=O)Cc1nc(-c2cccc([N+](=O)[O-])c2)n[nH]1. The van der Waals surface area contributed by atoms with Crippen molar-refractivity contribution >= 4 is 11.7 Å². The molecular formula is C12H12N4O4. The number of nitrogens with zero attached hydrogens (tertiary/aromatic N) is 3. The monoisotopic (exact) mass is 276 g/mol. The van der Waals surface area contributed by atoms with Gasteiger partial charge in [0.2, 0.25) is 0 Å². The van der Waals surface area contributed by atoms with Crippen molar-refractivity contribution in [2.45, 2.75) is 13.3 Å². The molecule has 0 saturated carbocycles. The molecule has 0 atom stereocenters. The highest BCUT2D eigenvalue weighted by Gasteiger charge is 2.13. The molecule has 20 heavy (non-hydrogen) atoms. The first kappa shape index (κ1) is 13.7. The minimum Gasteiger partial charge on any atom is -0.466 e. The lowest BCUT2D eigenvalue weighted by Gasteiger charge is -1.97. The normalized spacial score (nSPS) is 10.2. The molecule has 0 bridgehead atoms.